The van der Waals surface area contributed by atoms with Crippen molar-refractivity contribution in [2.45, 2.75) is 26.6 Å². The van der Waals surface area contributed by atoms with E-state index in [1.165, 1.54) is 6.33 Å². The Labute approximate surface area is 203 Å². The number of nitrogens with one attached hydrogen (secondary N) is 4. The number of amides is 1. The van der Waals surface area contributed by atoms with Crippen molar-refractivity contribution >= 4 is 23.2 Å². The molecular formula is C24H29N9O2. The van der Waals surface area contributed by atoms with Crippen LogP contribution in [-0.4, -0.2) is 64.2 Å². The maximum absolute atomic E-state index is 12.5. The molecule has 4 rings (SSSR count). The number of H-pyrrole nitrogens is 1. The van der Waals surface area contributed by atoms with Gasteiger partial charge >= 0.3 is 0 Å². The van der Waals surface area contributed by atoms with Gasteiger partial charge in [0, 0.05) is 32.5 Å². The van der Waals surface area contributed by atoms with Gasteiger partial charge in [0.15, 0.2) is 17.4 Å². The molecule has 1 unspecified atom stereocenters. The number of aromatic amines is 1. The van der Waals surface area contributed by atoms with E-state index in [1.807, 2.05) is 49.2 Å². The van der Waals surface area contributed by atoms with Gasteiger partial charge in [-0.05, 0) is 43.7 Å². The third-order valence-electron chi connectivity index (χ3n) is 5.76. The van der Waals surface area contributed by atoms with Crippen molar-refractivity contribution in [3.8, 4) is 17.1 Å². The number of amidine groups is 1. The molecule has 0 saturated carbocycles. The van der Waals surface area contributed by atoms with Gasteiger partial charge in [-0.3, -0.25) is 9.89 Å². The molecule has 4 N–H and O–H groups in total. The van der Waals surface area contributed by atoms with E-state index in [9.17, 15) is 4.79 Å². The van der Waals surface area contributed by atoms with E-state index >= 15 is 0 Å². The summed E-state index contributed by atoms with van der Waals surface area (Å²) in [6, 6.07) is 7.52. The lowest BCUT2D eigenvalue weighted by Crippen LogP contribution is -2.47. The van der Waals surface area contributed by atoms with Crippen molar-refractivity contribution in [2.75, 3.05) is 26.5 Å². The van der Waals surface area contributed by atoms with Crippen molar-refractivity contribution in [1.82, 2.24) is 35.7 Å². The number of carbonyl (C=O) groups is 1. The van der Waals surface area contributed by atoms with E-state index in [1.54, 1.807) is 20.4 Å². The maximum atomic E-state index is 12.5. The van der Waals surface area contributed by atoms with Gasteiger partial charge in [-0.2, -0.15) is 5.10 Å². The molecule has 35 heavy (non-hydrogen) atoms. The number of aliphatic imine (C=N–C) groups is 1. The molecule has 0 fully saturated rings. The molecule has 3 aromatic rings. The fourth-order valence-electron chi connectivity index (χ4n) is 3.83. The highest BCUT2D eigenvalue weighted by molar-refractivity contribution is 5.97. The number of aromatic nitrogens is 4. The number of ether oxygens (including phenoxy) is 1. The Morgan fingerprint density at radius 2 is 2.14 bits per heavy atom. The lowest BCUT2D eigenvalue weighted by molar-refractivity contribution is 0.0962. The average molecular weight is 476 g/mol. The predicted octanol–water partition coefficient (Wildman–Crippen LogP) is 2.66. The SMILES string of the molecule is CNC(=O)c1cnc(N=C2C=C(C)NC(C)N2C)cc1CNc1cccc(-c2ncn[nH]2)c1OC. The van der Waals surface area contributed by atoms with E-state index in [0.717, 1.165) is 28.3 Å². The molecule has 2 aromatic heterocycles. The van der Waals surface area contributed by atoms with Crippen LogP contribution in [0.1, 0.15) is 29.8 Å². The number of hydrogen-bond acceptors (Lipinski definition) is 8. The summed E-state index contributed by atoms with van der Waals surface area (Å²) in [6.45, 7) is 4.41. The number of methoxy groups -OCH3 is 1. The molecule has 0 bridgehead atoms. The number of anilines is 1. The molecular weight excluding hydrogens is 446 g/mol. The summed E-state index contributed by atoms with van der Waals surface area (Å²) in [5.41, 5.74) is 3.76. The van der Waals surface area contributed by atoms with Crippen LogP contribution in [-0.2, 0) is 6.54 Å². The molecule has 1 aromatic carbocycles. The first-order valence-corrected chi connectivity index (χ1v) is 11.1. The molecule has 11 nitrogen and oxygen atoms in total. The molecule has 182 valence electrons. The van der Waals surface area contributed by atoms with E-state index in [0.29, 0.717) is 29.5 Å². The Hall–Kier alpha value is -4.41. The van der Waals surface area contributed by atoms with Crippen LogP contribution >= 0.6 is 0 Å². The third-order valence-corrected chi connectivity index (χ3v) is 5.76. The van der Waals surface area contributed by atoms with Crippen LogP contribution in [0, 0.1) is 0 Å². The van der Waals surface area contributed by atoms with E-state index in [-0.39, 0.29) is 12.1 Å². The zero-order valence-corrected chi connectivity index (χ0v) is 20.4. The summed E-state index contributed by atoms with van der Waals surface area (Å²) in [7, 11) is 5.16. The number of para-hydroxylation sites is 1. The summed E-state index contributed by atoms with van der Waals surface area (Å²) in [4.78, 5) is 27.9. The van der Waals surface area contributed by atoms with Crippen molar-refractivity contribution in [1.29, 1.82) is 0 Å². The van der Waals surface area contributed by atoms with E-state index < -0.39 is 0 Å². The summed E-state index contributed by atoms with van der Waals surface area (Å²) >= 11 is 0. The van der Waals surface area contributed by atoms with Crippen molar-refractivity contribution < 1.29 is 9.53 Å². The van der Waals surface area contributed by atoms with Gasteiger partial charge in [0.1, 0.15) is 12.2 Å². The first-order chi connectivity index (χ1) is 16.9. The van der Waals surface area contributed by atoms with Gasteiger partial charge in [-0.25, -0.2) is 15.0 Å². The Morgan fingerprint density at radius 3 is 2.86 bits per heavy atom. The lowest BCUT2D eigenvalue weighted by atomic mass is 10.1. The van der Waals surface area contributed by atoms with Crippen molar-refractivity contribution in [2.24, 2.45) is 4.99 Å². The number of benzene rings is 1. The van der Waals surface area contributed by atoms with Crippen molar-refractivity contribution in [3.05, 3.63) is 59.7 Å². The zero-order valence-electron chi connectivity index (χ0n) is 20.4. The lowest BCUT2D eigenvalue weighted by Gasteiger charge is -2.32. The average Bonchev–Trinajstić information content (AvgIpc) is 3.40. The largest absolute Gasteiger partial charge is 0.494 e. The Balaban J connectivity index is 1.67. The van der Waals surface area contributed by atoms with Crippen LogP contribution in [0.15, 0.2) is 53.6 Å². The van der Waals surface area contributed by atoms with Crippen LogP contribution in [0.5, 0.6) is 5.75 Å². The molecule has 1 atom stereocenters. The number of pyridine rings is 1. The van der Waals surface area contributed by atoms with Crippen LogP contribution in [0.25, 0.3) is 11.4 Å². The van der Waals surface area contributed by atoms with E-state index in [2.05, 4.69) is 43.0 Å². The fourth-order valence-corrected chi connectivity index (χ4v) is 3.83. The van der Waals surface area contributed by atoms with Crippen LogP contribution in [0.4, 0.5) is 11.5 Å². The second-order valence-corrected chi connectivity index (χ2v) is 8.08. The number of nitrogens with zero attached hydrogens (tertiary/aromatic N) is 5. The summed E-state index contributed by atoms with van der Waals surface area (Å²) in [6.07, 6.45) is 5.07. The Kier molecular flexibility index (Phi) is 6.95. The van der Waals surface area contributed by atoms with Gasteiger partial charge in [-0.15, -0.1) is 0 Å². The quantitative estimate of drug-likeness (QED) is 0.410. The number of allylic oxidation sites excluding steroid dienone is 1. The second-order valence-electron chi connectivity index (χ2n) is 8.08. The predicted molar refractivity (Wildman–Crippen MR) is 135 cm³/mol. The number of carbonyl (C=O) groups excluding carboxylic acids is 1. The summed E-state index contributed by atoms with van der Waals surface area (Å²) < 4.78 is 5.66. The van der Waals surface area contributed by atoms with Crippen LogP contribution < -0.4 is 20.7 Å². The summed E-state index contributed by atoms with van der Waals surface area (Å²) in [5.74, 6) is 2.29. The minimum atomic E-state index is -0.223. The number of rotatable bonds is 7. The molecule has 1 aliphatic rings. The topological polar surface area (TPSA) is 132 Å². The summed E-state index contributed by atoms with van der Waals surface area (Å²) in [5, 5.41) is 16.2. The molecule has 0 aliphatic carbocycles. The molecule has 1 amide bonds. The highest BCUT2D eigenvalue weighted by Gasteiger charge is 2.19. The number of hydrogen-bond donors (Lipinski definition) is 4. The molecule has 1 aliphatic heterocycles. The van der Waals surface area contributed by atoms with Crippen LogP contribution in [0.2, 0.25) is 0 Å². The zero-order chi connectivity index (χ0) is 24.9. The maximum Gasteiger partial charge on any atom is 0.252 e. The normalized spacial score (nSPS) is 16.5. The van der Waals surface area contributed by atoms with Gasteiger partial charge in [0.25, 0.3) is 5.91 Å². The third kappa shape index (κ3) is 5.08. The monoisotopic (exact) mass is 475 g/mol. The minimum absolute atomic E-state index is 0.106. The molecule has 3 heterocycles. The molecule has 0 spiro atoms. The Bertz CT molecular complexity index is 1270. The minimum Gasteiger partial charge on any atom is -0.494 e. The fraction of sp³-hybridized carbons (Fsp3) is 0.292. The smallest absolute Gasteiger partial charge is 0.252 e. The molecule has 11 heteroatoms. The van der Waals surface area contributed by atoms with E-state index in [4.69, 9.17) is 9.73 Å². The first-order valence-electron chi connectivity index (χ1n) is 11.1. The van der Waals surface area contributed by atoms with Gasteiger partial charge in [-0.1, -0.05) is 6.07 Å². The van der Waals surface area contributed by atoms with Gasteiger partial charge in [0.05, 0.1) is 30.1 Å². The number of likely N-dealkylation sites (N-methyl/N-ethyl adjacent to an activating group) is 1. The highest BCUT2D eigenvalue weighted by Crippen LogP contribution is 2.35. The van der Waals surface area contributed by atoms with Gasteiger partial charge in [0.2, 0.25) is 0 Å². The molecule has 0 radical (unpaired) electrons. The van der Waals surface area contributed by atoms with Crippen molar-refractivity contribution in [3.63, 3.8) is 0 Å². The van der Waals surface area contributed by atoms with Crippen LogP contribution in [0.3, 0.4) is 0 Å². The second kappa shape index (κ2) is 10.2. The first kappa shape index (κ1) is 23.7. The molecule has 0 saturated heterocycles. The highest BCUT2D eigenvalue weighted by atomic mass is 16.5. The standard InChI is InChI=1S/C24H29N9O2/c1-14-9-21(33(4)15(2)30-14)31-20-10-16(18(12-27-20)24(34)25-3)11-26-19-8-6-7-17(22(19)35-5)23-28-13-29-32-23/h6-10,12-13,15,26,30H,11H2,1-5H3,(H,25,34)(H,28,29,32). The van der Waals surface area contributed by atoms with Gasteiger partial charge < -0.3 is 25.6 Å². The Morgan fingerprint density at radius 1 is 1.31 bits per heavy atom.